The van der Waals surface area contributed by atoms with Crippen molar-refractivity contribution in [1.29, 1.82) is 0 Å². The van der Waals surface area contributed by atoms with Crippen molar-refractivity contribution < 1.29 is 14.6 Å². The first-order valence-corrected chi connectivity index (χ1v) is 15.0. The lowest BCUT2D eigenvalue weighted by Crippen LogP contribution is -2.43. The van der Waals surface area contributed by atoms with E-state index in [0.29, 0.717) is 5.92 Å². The number of hydrogen-bond acceptors (Lipinski definition) is 3. The molecule has 0 saturated carbocycles. The molecular formula is C26H48O3Si. The molecule has 3 atom stereocenters. The Morgan fingerprint density at radius 3 is 2.47 bits per heavy atom. The Morgan fingerprint density at radius 2 is 1.83 bits per heavy atom. The van der Waals surface area contributed by atoms with Crippen molar-refractivity contribution in [3.05, 3.63) is 36.0 Å². The largest absolute Gasteiger partial charge is 0.414 e. The van der Waals surface area contributed by atoms with Gasteiger partial charge in [0, 0.05) is 18.6 Å². The van der Waals surface area contributed by atoms with Crippen LogP contribution in [0.1, 0.15) is 85.5 Å². The Kier molecular flexibility index (Phi) is 12.5. The zero-order valence-electron chi connectivity index (χ0n) is 20.5. The molecule has 30 heavy (non-hydrogen) atoms. The summed E-state index contributed by atoms with van der Waals surface area (Å²) in [6, 6.07) is 0. The standard InChI is InChI=1S/C26H48O3Si/c1-7-8-12-16-23(29-30(5,6)26(2,3)4)18-19-24-22(17-20-25(24)28)15-13-10-9-11-14-21-27/h10,13,17,19-20,22-23,25,27-28H,7-9,11-12,14-16,18,21H2,1-6H3/b13-10-,24-19+/t22-,23-,25?/m0/s1. The molecule has 1 aliphatic rings. The molecule has 1 unspecified atom stereocenters. The monoisotopic (exact) mass is 436 g/mol. The highest BCUT2D eigenvalue weighted by molar-refractivity contribution is 6.74. The maximum Gasteiger partial charge on any atom is 0.192 e. The number of aliphatic hydroxyl groups is 2. The molecule has 0 aromatic heterocycles. The summed E-state index contributed by atoms with van der Waals surface area (Å²) in [6.07, 6.45) is 20.1. The molecule has 0 spiro atoms. The zero-order valence-corrected chi connectivity index (χ0v) is 21.5. The lowest BCUT2D eigenvalue weighted by molar-refractivity contribution is 0.169. The van der Waals surface area contributed by atoms with Crippen molar-refractivity contribution >= 4 is 8.32 Å². The number of rotatable bonds is 14. The van der Waals surface area contributed by atoms with Crippen molar-refractivity contribution in [2.75, 3.05) is 6.61 Å². The van der Waals surface area contributed by atoms with E-state index in [1.807, 2.05) is 6.08 Å². The first kappa shape index (κ1) is 27.4. The Balaban J connectivity index is 2.75. The summed E-state index contributed by atoms with van der Waals surface area (Å²) in [5, 5.41) is 19.6. The highest BCUT2D eigenvalue weighted by Gasteiger charge is 2.39. The van der Waals surface area contributed by atoms with Gasteiger partial charge in [0.15, 0.2) is 8.32 Å². The summed E-state index contributed by atoms with van der Waals surface area (Å²) in [5.41, 5.74) is 1.13. The average molecular weight is 437 g/mol. The van der Waals surface area contributed by atoms with Gasteiger partial charge in [-0.2, -0.15) is 0 Å². The molecule has 0 aromatic rings. The van der Waals surface area contributed by atoms with Crippen molar-refractivity contribution in [2.24, 2.45) is 5.92 Å². The van der Waals surface area contributed by atoms with Gasteiger partial charge in [-0.25, -0.2) is 0 Å². The van der Waals surface area contributed by atoms with E-state index in [1.165, 1.54) is 19.3 Å². The van der Waals surface area contributed by atoms with Gasteiger partial charge in [-0.1, -0.05) is 77.3 Å². The fourth-order valence-corrected chi connectivity index (χ4v) is 5.01. The van der Waals surface area contributed by atoms with Gasteiger partial charge in [0.25, 0.3) is 0 Å². The highest BCUT2D eigenvalue weighted by Crippen LogP contribution is 2.38. The Labute approximate surface area is 187 Å². The normalized spacial score (nSPS) is 22.5. The van der Waals surface area contributed by atoms with Gasteiger partial charge in [0.05, 0.1) is 6.10 Å². The third-order valence-electron chi connectivity index (χ3n) is 6.64. The topological polar surface area (TPSA) is 49.7 Å². The molecule has 2 N–H and O–H groups in total. The molecule has 0 aliphatic heterocycles. The fourth-order valence-electron chi connectivity index (χ4n) is 3.61. The third-order valence-corrected chi connectivity index (χ3v) is 11.2. The Morgan fingerprint density at radius 1 is 1.10 bits per heavy atom. The first-order chi connectivity index (χ1) is 14.1. The van der Waals surface area contributed by atoms with Crippen molar-refractivity contribution in [3.8, 4) is 0 Å². The van der Waals surface area contributed by atoms with E-state index in [9.17, 15) is 5.11 Å². The first-order valence-electron chi connectivity index (χ1n) is 12.1. The van der Waals surface area contributed by atoms with Crippen LogP contribution in [0.4, 0.5) is 0 Å². The van der Waals surface area contributed by atoms with Gasteiger partial charge in [-0.15, -0.1) is 0 Å². The Bertz CT molecular complexity index is 557. The molecule has 4 heteroatoms. The molecule has 0 aromatic carbocycles. The highest BCUT2D eigenvalue weighted by atomic mass is 28.4. The van der Waals surface area contributed by atoms with Crippen molar-refractivity contribution in [1.82, 2.24) is 0 Å². The molecule has 0 bridgehead atoms. The Hall–Kier alpha value is -0.683. The van der Waals surface area contributed by atoms with Crippen LogP contribution in [0.2, 0.25) is 18.1 Å². The average Bonchev–Trinajstić information content (AvgIpc) is 3.01. The van der Waals surface area contributed by atoms with E-state index in [-0.39, 0.29) is 17.7 Å². The molecule has 0 fully saturated rings. The molecule has 0 saturated heterocycles. The van der Waals surface area contributed by atoms with Crippen LogP contribution in [-0.4, -0.2) is 37.3 Å². The molecule has 0 heterocycles. The van der Waals surface area contributed by atoms with Gasteiger partial charge in [0.2, 0.25) is 0 Å². The molecule has 0 radical (unpaired) electrons. The van der Waals surface area contributed by atoms with Crippen molar-refractivity contribution in [3.63, 3.8) is 0 Å². The van der Waals surface area contributed by atoms with Crippen LogP contribution in [0.5, 0.6) is 0 Å². The lowest BCUT2D eigenvalue weighted by atomic mass is 9.95. The number of allylic oxidation sites excluding steroid dienone is 3. The van der Waals surface area contributed by atoms with Gasteiger partial charge >= 0.3 is 0 Å². The van der Waals surface area contributed by atoms with Gasteiger partial charge in [-0.3, -0.25) is 0 Å². The predicted molar refractivity (Wildman–Crippen MR) is 132 cm³/mol. The van der Waals surface area contributed by atoms with Gasteiger partial charge < -0.3 is 14.6 Å². The summed E-state index contributed by atoms with van der Waals surface area (Å²) < 4.78 is 6.77. The molecule has 0 amide bonds. The summed E-state index contributed by atoms with van der Waals surface area (Å²) in [5.74, 6) is 0.290. The number of aliphatic hydroxyl groups excluding tert-OH is 2. The van der Waals surface area contributed by atoms with Crippen LogP contribution in [0, 0.1) is 5.92 Å². The van der Waals surface area contributed by atoms with Crippen LogP contribution >= 0.6 is 0 Å². The minimum atomic E-state index is -1.81. The second kappa shape index (κ2) is 13.7. The van der Waals surface area contributed by atoms with Crippen LogP contribution in [-0.2, 0) is 4.43 Å². The van der Waals surface area contributed by atoms with Crippen LogP contribution in [0.3, 0.4) is 0 Å². The smallest absolute Gasteiger partial charge is 0.192 e. The second-order valence-corrected chi connectivity index (χ2v) is 15.1. The maximum absolute atomic E-state index is 10.5. The van der Waals surface area contributed by atoms with Gasteiger partial charge in [0.1, 0.15) is 0 Å². The lowest BCUT2D eigenvalue weighted by Gasteiger charge is -2.39. The zero-order chi connectivity index (χ0) is 22.6. The third kappa shape index (κ3) is 9.63. The molecule has 3 nitrogen and oxygen atoms in total. The SMILES string of the molecule is CCCCC[C@@H](C/C=C1/C(O)C=C[C@@H]1C/C=C\CCCCO)O[Si](C)(C)C(C)(C)C. The van der Waals surface area contributed by atoms with E-state index >= 15 is 0 Å². The van der Waals surface area contributed by atoms with Gasteiger partial charge in [-0.05, 0) is 62.2 Å². The second-order valence-electron chi connectivity index (χ2n) is 10.3. The predicted octanol–water partition coefficient (Wildman–Crippen LogP) is 6.93. The molecule has 174 valence electrons. The maximum atomic E-state index is 10.5. The quantitative estimate of drug-likeness (QED) is 0.176. The van der Waals surface area contributed by atoms with Crippen LogP contribution in [0.25, 0.3) is 0 Å². The summed E-state index contributed by atoms with van der Waals surface area (Å²) in [6.45, 7) is 14.1. The number of hydrogen-bond donors (Lipinski definition) is 2. The van der Waals surface area contributed by atoms with E-state index < -0.39 is 14.4 Å². The van der Waals surface area contributed by atoms with E-state index in [0.717, 1.165) is 44.1 Å². The van der Waals surface area contributed by atoms with Crippen LogP contribution < -0.4 is 0 Å². The van der Waals surface area contributed by atoms with E-state index in [4.69, 9.17) is 9.53 Å². The molecule has 1 rings (SSSR count). The summed E-state index contributed by atoms with van der Waals surface area (Å²) >= 11 is 0. The van der Waals surface area contributed by atoms with Crippen LogP contribution in [0.15, 0.2) is 36.0 Å². The molecular weight excluding hydrogens is 388 g/mol. The minimum absolute atomic E-state index is 0.209. The molecule has 1 aliphatic carbocycles. The van der Waals surface area contributed by atoms with Crippen molar-refractivity contribution in [2.45, 2.75) is 116 Å². The minimum Gasteiger partial charge on any atom is -0.414 e. The number of unbranched alkanes of at least 4 members (excludes halogenated alkanes) is 4. The van der Waals surface area contributed by atoms with E-state index in [2.05, 4.69) is 65.1 Å². The van der Waals surface area contributed by atoms with E-state index in [1.54, 1.807) is 0 Å². The fraction of sp³-hybridized carbons (Fsp3) is 0.769. The summed E-state index contributed by atoms with van der Waals surface area (Å²) in [7, 11) is -1.81. The summed E-state index contributed by atoms with van der Waals surface area (Å²) in [4.78, 5) is 0.